The molecule has 0 bridgehead atoms. The number of benzene rings is 1. The number of carbonyl (C=O) groups is 1. The molecule has 1 rings (SSSR count). The molecule has 0 spiro atoms. The van der Waals surface area contributed by atoms with Gasteiger partial charge in [0.05, 0.1) is 6.54 Å². The van der Waals surface area contributed by atoms with Crippen molar-refractivity contribution >= 4 is 5.97 Å². The fourth-order valence-corrected chi connectivity index (χ4v) is 1.64. The Kier molecular flexibility index (Phi) is 4.84. The average Bonchev–Trinajstić information content (AvgIpc) is 2.21. The van der Waals surface area contributed by atoms with Gasteiger partial charge in [-0.1, -0.05) is 12.1 Å². The average molecular weight is 237 g/mol. The van der Waals surface area contributed by atoms with E-state index in [9.17, 15) is 9.18 Å². The van der Waals surface area contributed by atoms with Gasteiger partial charge in [0.1, 0.15) is 5.82 Å². The molecule has 92 valence electrons. The van der Waals surface area contributed by atoms with Crippen molar-refractivity contribution < 1.29 is 14.3 Å². The van der Waals surface area contributed by atoms with E-state index in [1.807, 2.05) is 6.92 Å². The number of carboxylic acids is 1. The fourth-order valence-electron chi connectivity index (χ4n) is 1.64. The summed E-state index contributed by atoms with van der Waals surface area (Å²) in [6.45, 7) is 6.32. The van der Waals surface area contributed by atoms with Crippen LogP contribution in [0.1, 0.15) is 11.1 Å². The summed E-state index contributed by atoms with van der Waals surface area (Å²) in [4.78, 5) is 12.4. The van der Waals surface area contributed by atoms with Crippen molar-refractivity contribution in [1.29, 1.82) is 0 Å². The predicted molar refractivity (Wildman–Crippen MR) is 64.2 cm³/mol. The Bertz CT molecular complexity index is 418. The second-order valence-corrected chi connectivity index (χ2v) is 3.92. The Morgan fingerprint density at radius 2 is 2.29 bits per heavy atom. The van der Waals surface area contributed by atoms with Crippen LogP contribution >= 0.6 is 0 Å². The van der Waals surface area contributed by atoms with Crippen LogP contribution in [0.3, 0.4) is 0 Å². The highest BCUT2D eigenvalue weighted by atomic mass is 19.1. The summed E-state index contributed by atoms with van der Waals surface area (Å²) in [6, 6.07) is 4.51. The molecule has 3 nitrogen and oxygen atoms in total. The maximum atomic E-state index is 12.9. The van der Waals surface area contributed by atoms with Gasteiger partial charge < -0.3 is 5.11 Å². The van der Waals surface area contributed by atoms with Crippen LogP contribution in [0, 0.1) is 12.7 Å². The zero-order chi connectivity index (χ0) is 12.8. The van der Waals surface area contributed by atoms with Gasteiger partial charge in [0.2, 0.25) is 0 Å². The third-order valence-corrected chi connectivity index (χ3v) is 2.44. The molecule has 4 heteroatoms. The molecule has 0 saturated carbocycles. The van der Waals surface area contributed by atoms with Gasteiger partial charge in [0, 0.05) is 13.1 Å². The second-order valence-electron chi connectivity index (χ2n) is 3.92. The van der Waals surface area contributed by atoms with Crippen LogP contribution in [-0.2, 0) is 11.3 Å². The molecule has 0 aliphatic rings. The summed E-state index contributed by atoms with van der Waals surface area (Å²) >= 11 is 0. The zero-order valence-electron chi connectivity index (χ0n) is 9.82. The number of nitrogens with zero attached hydrogens (tertiary/aromatic N) is 1. The standard InChI is InChI=1S/C13H16FNO2/c1-3-6-15(9-13(16)17)8-11-4-5-12(14)7-10(11)2/h3-5,7H,1,6,8-9H2,2H3,(H,16,17). The molecular formula is C13H16FNO2. The maximum Gasteiger partial charge on any atom is 0.317 e. The SMILES string of the molecule is C=CCN(CC(=O)O)Cc1ccc(F)cc1C. The quantitative estimate of drug-likeness (QED) is 0.771. The van der Waals surface area contributed by atoms with Crippen LogP contribution in [0.2, 0.25) is 0 Å². The summed E-state index contributed by atoms with van der Waals surface area (Å²) in [7, 11) is 0. The molecule has 0 unspecified atom stereocenters. The van der Waals surface area contributed by atoms with Gasteiger partial charge >= 0.3 is 5.97 Å². The van der Waals surface area contributed by atoms with Gasteiger partial charge in [-0.2, -0.15) is 0 Å². The molecule has 0 amide bonds. The lowest BCUT2D eigenvalue weighted by atomic mass is 10.1. The van der Waals surface area contributed by atoms with Crippen molar-refractivity contribution in [1.82, 2.24) is 4.90 Å². The molecule has 0 heterocycles. The van der Waals surface area contributed by atoms with Gasteiger partial charge in [-0.3, -0.25) is 9.69 Å². The van der Waals surface area contributed by atoms with E-state index in [2.05, 4.69) is 6.58 Å². The monoisotopic (exact) mass is 237 g/mol. The van der Waals surface area contributed by atoms with Crippen molar-refractivity contribution in [2.45, 2.75) is 13.5 Å². The van der Waals surface area contributed by atoms with Crippen molar-refractivity contribution in [3.63, 3.8) is 0 Å². The summed E-state index contributed by atoms with van der Waals surface area (Å²) in [5, 5.41) is 8.77. The Morgan fingerprint density at radius 1 is 1.59 bits per heavy atom. The Labute approximate surface area is 100 Å². The highest BCUT2D eigenvalue weighted by Crippen LogP contribution is 2.12. The fraction of sp³-hybridized carbons (Fsp3) is 0.308. The van der Waals surface area contributed by atoms with E-state index in [4.69, 9.17) is 5.11 Å². The molecule has 0 aliphatic heterocycles. The molecule has 1 aromatic carbocycles. The Morgan fingerprint density at radius 3 is 2.82 bits per heavy atom. The third kappa shape index (κ3) is 4.36. The number of hydrogen-bond acceptors (Lipinski definition) is 2. The molecule has 17 heavy (non-hydrogen) atoms. The van der Waals surface area contributed by atoms with Crippen molar-refractivity contribution in [3.8, 4) is 0 Å². The van der Waals surface area contributed by atoms with Crippen molar-refractivity contribution in [3.05, 3.63) is 47.8 Å². The number of carboxylic acid groups (broad SMARTS) is 1. The van der Waals surface area contributed by atoms with Gasteiger partial charge in [0.15, 0.2) is 0 Å². The number of aryl methyl sites for hydroxylation is 1. The lowest BCUT2D eigenvalue weighted by Gasteiger charge is -2.19. The summed E-state index contributed by atoms with van der Waals surface area (Å²) < 4.78 is 12.9. The summed E-state index contributed by atoms with van der Waals surface area (Å²) in [5.74, 6) is -1.16. The maximum absolute atomic E-state index is 12.9. The normalized spacial score (nSPS) is 10.5. The first kappa shape index (κ1) is 13.4. The van der Waals surface area contributed by atoms with E-state index in [0.29, 0.717) is 13.1 Å². The van der Waals surface area contributed by atoms with Crippen LogP contribution in [0.5, 0.6) is 0 Å². The minimum atomic E-state index is -0.883. The van der Waals surface area contributed by atoms with Crippen molar-refractivity contribution in [2.75, 3.05) is 13.1 Å². The van der Waals surface area contributed by atoms with E-state index in [1.54, 1.807) is 17.0 Å². The van der Waals surface area contributed by atoms with Gasteiger partial charge in [-0.15, -0.1) is 6.58 Å². The third-order valence-electron chi connectivity index (χ3n) is 2.44. The molecule has 1 N–H and O–H groups in total. The van der Waals surface area contributed by atoms with Crippen LogP contribution < -0.4 is 0 Å². The Balaban J connectivity index is 2.77. The van der Waals surface area contributed by atoms with E-state index < -0.39 is 5.97 Å². The minimum absolute atomic E-state index is 0.0527. The first-order valence-electron chi connectivity index (χ1n) is 5.33. The molecule has 0 radical (unpaired) electrons. The number of halogens is 1. The van der Waals surface area contributed by atoms with E-state index in [-0.39, 0.29) is 12.4 Å². The molecule has 0 fully saturated rings. The van der Waals surface area contributed by atoms with E-state index in [1.165, 1.54) is 12.1 Å². The lowest BCUT2D eigenvalue weighted by molar-refractivity contribution is -0.138. The smallest absolute Gasteiger partial charge is 0.317 e. The molecular weight excluding hydrogens is 221 g/mol. The predicted octanol–water partition coefficient (Wildman–Crippen LogP) is 2.21. The molecule has 1 aromatic rings. The zero-order valence-corrected chi connectivity index (χ0v) is 9.82. The van der Waals surface area contributed by atoms with E-state index >= 15 is 0 Å². The van der Waals surface area contributed by atoms with Gasteiger partial charge in [0.25, 0.3) is 0 Å². The Hall–Kier alpha value is -1.68. The highest BCUT2D eigenvalue weighted by Gasteiger charge is 2.10. The lowest BCUT2D eigenvalue weighted by Crippen LogP contribution is -2.29. The number of aliphatic carboxylic acids is 1. The summed E-state index contributed by atoms with van der Waals surface area (Å²) in [6.07, 6.45) is 1.65. The molecule has 0 aliphatic carbocycles. The van der Waals surface area contributed by atoms with Gasteiger partial charge in [-0.25, -0.2) is 4.39 Å². The number of rotatable bonds is 6. The van der Waals surface area contributed by atoms with Crippen molar-refractivity contribution in [2.24, 2.45) is 0 Å². The second kappa shape index (κ2) is 6.15. The highest BCUT2D eigenvalue weighted by molar-refractivity contribution is 5.69. The van der Waals surface area contributed by atoms with Crippen LogP contribution in [0.25, 0.3) is 0 Å². The van der Waals surface area contributed by atoms with Crippen LogP contribution in [-0.4, -0.2) is 29.1 Å². The van der Waals surface area contributed by atoms with Crippen LogP contribution in [0.15, 0.2) is 30.9 Å². The molecule has 0 aromatic heterocycles. The van der Waals surface area contributed by atoms with Crippen LogP contribution in [0.4, 0.5) is 4.39 Å². The van der Waals surface area contributed by atoms with Gasteiger partial charge in [-0.05, 0) is 30.2 Å². The minimum Gasteiger partial charge on any atom is -0.480 e. The first-order chi connectivity index (χ1) is 8.02. The molecule has 0 saturated heterocycles. The van der Waals surface area contributed by atoms with E-state index in [0.717, 1.165) is 11.1 Å². The summed E-state index contributed by atoms with van der Waals surface area (Å²) in [5.41, 5.74) is 1.75. The topological polar surface area (TPSA) is 40.5 Å². The number of hydrogen-bond donors (Lipinski definition) is 1. The first-order valence-corrected chi connectivity index (χ1v) is 5.33. The largest absolute Gasteiger partial charge is 0.480 e. The molecule has 0 atom stereocenters.